The molecule has 0 saturated carbocycles. The highest BCUT2D eigenvalue weighted by Crippen LogP contribution is 1.79. The lowest BCUT2D eigenvalue weighted by molar-refractivity contribution is 0.927. The van der Waals surface area contributed by atoms with Gasteiger partial charge in [-0.25, -0.2) is 4.68 Å². The highest BCUT2D eigenvalue weighted by molar-refractivity contribution is 4.77. The van der Waals surface area contributed by atoms with E-state index in [1.165, 1.54) is 11.0 Å². The summed E-state index contributed by atoms with van der Waals surface area (Å²) in [5.74, 6) is 5.95. The van der Waals surface area contributed by atoms with Gasteiger partial charge in [-0.15, -0.1) is 10.2 Å². The van der Waals surface area contributed by atoms with Crippen LogP contribution in [-0.2, 0) is 0 Å². The van der Waals surface area contributed by atoms with Gasteiger partial charge in [0.05, 0.1) is 0 Å². The molecule has 0 bridgehead atoms. The first-order chi connectivity index (χ1) is 7.72. The summed E-state index contributed by atoms with van der Waals surface area (Å²) in [6.45, 7) is 13.9. The molecule has 0 spiro atoms. The van der Waals surface area contributed by atoms with Gasteiger partial charge < -0.3 is 5.84 Å². The minimum Gasteiger partial charge on any atom is -0.336 e. The van der Waals surface area contributed by atoms with Gasteiger partial charge in [-0.1, -0.05) is 46.8 Å². The highest BCUT2D eigenvalue weighted by atomic mass is 15.4. The standard InChI is InChI=1S/C5H10.C3H6N4.2C2H6/c1-3-5-4-2;1-3-6-5-2-7(3)4;2*1-2/h3,5H,4H2,1-2H3;2H,4H2,1H3;2*1-2H3/b5-3-;;;. The van der Waals surface area contributed by atoms with E-state index in [0.29, 0.717) is 0 Å². The quantitative estimate of drug-likeness (QED) is 0.592. The average Bonchev–Trinajstić information content (AvgIpc) is 2.71. The first-order valence-corrected chi connectivity index (χ1v) is 5.95. The number of aryl methyl sites for hydroxylation is 1. The smallest absolute Gasteiger partial charge is 0.148 e. The van der Waals surface area contributed by atoms with Gasteiger partial charge >= 0.3 is 0 Å². The van der Waals surface area contributed by atoms with Crippen LogP contribution in [0.4, 0.5) is 0 Å². The summed E-state index contributed by atoms with van der Waals surface area (Å²) in [7, 11) is 0. The fourth-order valence-corrected chi connectivity index (χ4v) is 0.536. The lowest BCUT2D eigenvalue weighted by Gasteiger charge is -1.85. The fourth-order valence-electron chi connectivity index (χ4n) is 0.536. The third-order valence-corrected chi connectivity index (χ3v) is 1.22. The van der Waals surface area contributed by atoms with Crippen molar-refractivity contribution in [2.75, 3.05) is 5.84 Å². The van der Waals surface area contributed by atoms with Crippen LogP contribution in [-0.4, -0.2) is 14.9 Å². The predicted molar refractivity (Wildman–Crippen MR) is 72.7 cm³/mol. The number of hydrogen-bond donors (Lipinski definition) is 1. The SMILES string of the molecule is C/C=C\CC.CC.CC.Cc1nncn1N. The molecular formula is C12H28N4. The zero-order chi connectivity index (χ0) is 13.4. The largest absolute Gasteiger partial charge is 0.336 e. The second kappa shape index (κ2) is 19.3. The molecule has 1 aromatic heterocycles. The topological polar surface area (TPSA) is 56.7 Å². The Labute approximate surface area is 101 Å². The van der Waals surface area contributed by atoms with Crippen LogP contribution in [0, 0.1) is 6.92 Å². The zero-order valence-corrected chi connectivity index (χ0v) is 11.9. The van der Waals surface area contributed by atoms with Crippen molar-refractivity contribution in [3.63, 3.8) is 0 Å². The molecule has 1 heterocycles. The molecule has 1 rings (SSSR count). The van der Waals surface area contributed by atoms with E-state index in [1.54, 1.807) is 6.92 Å². The van der Waals surface area contributed by atoms with E-state index >= 15 is 0 Å². The Bertz CT molecular complexity index is 212. The van der Waals surface area contributed by atoms with Gasteiger partial charge in [-0.3, -0.25) is 0 Å². The predicted octanol–water partition coefficient (Wildman–Crippen LogP) is 3.33. The molecule has 0 aliphatic heterocycles. The van der Waals surface area contributed by atoms with Crippen LogP contribution >= 0.6 is 0 Å². The Morgan fingerprint density at radius 2 is 1.81 bits per heavy atom. The Balaban J connectivity index is -0.000000167. The van der Waals surface area contributed by atoms with Gasteiger partial charge in [0.15, 0.2) is 0 Å². The van der Waals surface area contributed by atoms with Crippen molar-refractivity contribution in [3.8, 4) is 0 Å². The Morgan fingerprint density at radius 1 is 1.31 bits per heavy atom. The highest BCUT2D eigenvalue weighted by Gasteiger charge is 1.86. The number of hydrogen-bond acceptors (Lipinski definition) is 3. The van der Waals surface area contributed by atoms with E-state index < -0.39 is 0 Å². The van der Waals surface area contributed by atoms with Crippen LogP contribution in [0.1, 0.15) is 53.8 Å². The number of rotatable bonds is 1. The van der Waals surface area contributed by atoms with Gasteiger partial charge in [0, 0.05) is 0 Å². The summed E-state index contributed by atoms with van der Waals surface area (Å²) in [6.07, 6.45) is 6.80. The van der Waals surface area contributed by atoms with Crippen molar-refractivity contribution in [3.05, 3.63) is 24.3 Å². The maximum absolute atomic E-state index is 5.23. The van der Waals surface area contributed by atoms with Gasteiger partial charge in [0.25, 0.3) is 0 Å². The van der Waals surface area contributed by atoms with Crippen molar-refractivity contribution < 1.29 is 0 Å². The van der Waals surface area contributed by atoms with Gasteiger partial charge in [0.2, 0.25) is 0 Å². The second-order valence-electron chi connectivity index (χ2n) is 2.26. The molecule has 0 amide bonds. The van der Waals surface area contributed by atoms with Crippen molar-refractivity contribution in [1.29, 1.82) is 0 Å². The summed E-state index contributed by atoms with van der Waals surface area (Å²) in [5, 5.41) is 7.11. The van der Waals surface area contributed by atoms with Crippen molar-refractivity contribution in [2.45, 2.75) is 54.9 Å². The molecule has 4 heteroatoms. The fraction of sp³-hybridized carbons (Fsp3) is 0.667. The third-order valence-electron chi connectivity index (χ3n) is 1.22. The van der Waals surface area contributed by atoms with E-state index in [9.17, 15) is 0 Å². The molecule has 0 aliphatic rings. The summed E-state index contributed by atoms with van der Waals surface area (Å²) >= 11 is 0. The molecule has 1 aromatic rings. The van der Waals surface area contributed by atoms with Gasteiger partial charge in [0.1, 0.15) is 12.2 Å². The molecule has 0 fully saturated rings. The first kappa shape index (κ1) is 20.1. The summed E-state index contributed by atoms with van der Waals surface area (Å²) < 4.78 is 1.36. The summed E-state index contributed by atoms with van der Waals surface area (Å²) in [6, 6.07) is 0. The molecule has 2 N–H and O–H groups in total. The summed E-state index contributed by atoms with van der Waals surface area (Å²) in [5.41, 5.74) is 0. The van der Waals surface area contributed by atoms with E-state index in [1.807, 2.05) is 34.6 Å². The Morgan fingerprint density at radius 3 is 1.88 bits per heavy atom. The Hall–Kier alpha value is -1.32. The van der Waals surface area contributed by atoms with Crippen molar-refractivity contribution in [2.24, 2.45) is 0 Å². The molecule has 96 valence electrons. The minimum absolute atomic E-state index is 0.722. The van der Waals surface area contributed by atoms with Crippen LogP contribution in [0.25, 0.3) is 0 Å². The maximum Gasteiger partial charge on any atom is 0.148 e. The summed E-state index contributed by atoms with van der Waals surface area (Å²) in [4.78, 5) is 0. The van der Waals surface area contributed by atoms with Crippen LogP contribution in [0.2, 0.25) is 0 Å². The van der Waals surface area contributed by atoms with Crippen LogP contribution in [0.5, 0.6) is 0 Å². The number of allylic oxidation sites excluding steroid dienone is 2. The molecule has 0 aromatic carbocycles. The van der Waals surface area contributed by atoms with Gasteiger partial charge in [-0.05, 0) is 20.3 Å². The first-order valence-electron chi connectivity index (χ1n) is 5.95. The number of nitrogen functional groups attached to an aromatic ring is 1. The molecule has 0 unspecified atom stereocenters. The molecule has 0 radical (unpaired) electrons. The molecular weight excluding hydrogens is 200 g/mol. The monoisotopic (exact) mass is 228 g/mol. The minimum atomic E-state index is 0.722. The van der Waals surface area contributed by atoms with Crippen molar-refractivity contribution >= 4 is 0 Å². The molecule has 0 aliphatic carbocycles. The van der Waals surface area contributed by atoms with Crippen LogP contribution in [0.15, 0.2) is 18.5 Å². The van der Waals surface area contributed by atoms with E-state index in [2.05, 4.69) is 29.3 Å². The van der Waals surface area contributed by atoms with E-state index in [0.717, 1.165) is 12.2 Å². The normalized spacial score (nSPS) is 7.94. The maximum atomic E-state index is 5.23. The van der Waals surface area contributed by atoms with Crippen LogP contribution in [0.3, 0.4) is 0 Å². The zero-order valence-electron chi connectivity index (χ0n) is 11.9. The second-order valence-corrected chi connectivity index (χ2v) is 2.26. The lowest BCUT2D eigenvalue weighted by atomic mass is 10.4. The van der Waals surface area contributed by atoms with Gasteiger partial charge in [-0.2, -0.15) is 0 Å². The molecule has 0 atom stereocenters. The van der Waals surface area contributed by atoms with E-state index in [-0.39, 0.29) is 0 Å². The molecule has 4 nitrogen and oxygen atoms in total. The van der Waals surface area contributed by atoms with Crippen LogP contribution < -0.4 is 5.84 Å². The molecule has 0 saturated heterocycles. The van der Waals surface area contributed by atoms with Crippen molar-refractivity contribution in [1.82, 2.24) is 14.9 Å². The average molecular weight is 228 g/mol. The molecule has 16 heavy (non-hydrogen) atoms. The number of nitrogens with zero attached hydrogens (tertiary/aromatic N) is 3. The number of aromatic nitrogens is 3. The number of nitrogens with two attached hydrogens (primary N) is 1. The lowest BCUT2D eigenvalue weighted by Crippen LogP contribution is -2.07. The third kappa shape index (κ3) is 15.2. The van der Waals surface area contributed by atoms with E-state index in [4.69, 9.17) is 5.84 Å². The Kier molecular flexibility index (Phi) is 24.3.